The summed E-state index contributed by atoms with van der Waals surface area (Å²) in [5.41, 5.74) is 7.08. The van der Waals surface area contributed by atoms with Crippen LogP contribution in [0.5, 0.6) is 0 Å². The van der Waals surface area contributed by atoms with Gasteiger partial charge in [0.15, 0.2) is 0 Å². The van der Waals surface area contributed by atoms with Crippen molar-refractivity contribution in [2.24, 2.45) is 0 Å². The predicted molar refractivity (Wildman–Crippen MR) is 52.1 cm³/mol. The average Bonchev–Trinajstić information content (AvgIpc) is 2.40. The van der Waals surface area contributed by atoms with Gasteiger partial charge in [-0.15, -0.1) is 0 Å². The molecule has 13 heavy (non-hydrogen) atoms. The second-order valence-corrected chi connectivity index (χ2v) is 3.71. The molecule has 1 heterocycles. The van der Waals surface area contributed by atoms with Crippen LogP contribution in [-0.4, -0.2) is 0 Å². The van der Waals surface area contributed by atoms with E-state index in [9.17, 15) is 0 Å². The van der Waals surface area contributed by atoms with Gasteiger partial charge in [-0.05, 0) is 30.4 Å². The Morgan fingerprint density at radius 1 is 1.38 bits per heavy atom. The lowest BCUT2D eigenvalue weighted by atomic mass is 10.3. The van der Waals surface area contributed by atoms with Crippen molar-refractivity contribution < 1.29 is 28.5 Å². The lowest BCUT2D eigenvalue weighted by Crippen LogP contribution is -3.00. The molecular weight excluding hydrogens is 295 g/mol. The lowest BCUT2D eigenvalue weighted by Gasteiger charge is -1.92. The Bertz CT molecular complexity index is 411. The molecule has 0 spiro atoms. The molecule has 4 heteroatoms. The van der Waals surface area contributed by atoms with E-state index < -0.39 is 0 Å². The van der Waals surface area contributed by atoms with Gasteiger partial charge < -0.3 is 24.0 Å². The molecule has 0 saturated heterocycles. The molecule has 0 bridgehead atoms. The van der Waals surface area contributed by atoms with E-state index in [-0.39, 0.29) is 24.0 Å². The molecular formula is C9H11IN2S. The van der Waals surface area contributed by atoms with Crippen LogP contribution in [0.2, 0.25) is 0 Å². The summed E-state index contributed by atoms with van der Waals surface area (Å²) in [6.07, 6.45) is 0. The van der Waals surface area contributed by atoms with Crippen molar-refractivity contribution in [3.8, 4) is 0 Å². The number of anilines is 1. The average molecular weight is 306 g/mol. The van der Waals surface area contributed by atoms with Crippen LogP contribution in [0.15, 0.2) is 24.3 Å². The largest absolute Gasteiger partial charge is 1.00 e. The summed E-state index contributed by atoms with van der Waals surface area (Å²) in [5.74, 6) is 0. The van der Waals surface area contributed by atoms with Gasteiger partial charge in [-0.2, -0.15) is 0 Å². The van der Waals surface area contributed by atoms with Gasteiger partial charge >= 0.3 is 5.13 Å². The zero-order chi connectivity index (χ0) is 8.55. The van der Waals surface area contributed by atoms with Crippen molar-refractivity contribution in [3.63, 3.8) is 0 Å². The molecule has 0 fully saturated rings. The minimum Gasteiger partial charge on any atom is -1.00 e. The van der Waals surface area contributed by atoms with Crippen LogP contribution in [0.25, 0.3) is 10.2 Å². The lowest BCUT2D eigenvalue weighted by molar-refractivity contribution is -0.649. The molecule has 1 aromatic carbocycles. The SMILES string of the molecule is CC[n+]1c(N)sc2ccccc21.[I-]. The predicted octanol–water partition coefficient (Wildman–Crippen LogP) is -1.21. The molecule has 70 valence electrons. The molecule has 2 nitrogen and oxygen atoms in total. The first-order chi connectivity index (χ1) is 5.83. The maximum Gasteiger partial charge on any atom is 0.332 e. The number of para-hydroxylation sites is 1. The van der Waals surface area contributed by atoms with Crippen molar-refractivity contribution in [1.29, 1.82) is 0 Å². The zero-order valence-electron chi connectivity index (χ0n) is 7.33. The van der Waals surface area contributed by atoms with E-state index >= 15 is 0 Å². The number of halogens is 1. The van der Waals surface area contributed by atoms with E-state index in [0.717, 1.165) is 11.7 Å². The molecule has 0 atom stereocenters. The second kappa shape index (κ2) is 4.23. The minimum absolute atomic E-state index is 0. The summed E-state index contributed by atoms with van der Waals surface area (Å²) in [7, 11) is 0. The van der Waals surface area contributed by atoms with Crippen molar-refractivity contribution in [1.82, 2.24) is 0 Å². The third-order valence-electron chi connectivity index (χ3n) is 1.95. The van der Waals surface area contributed by atoms with Crippen LogP contribution in [0, 0.1) is 0 Å². The number of hydrogen-bond acceptors (Lipinski definition) is 2. The number of thiazole rings is 1. The van der Waals surface area contributed by atoms with Crippen LogP contribution in [0.3, 0.4) is 0 Å². The number of benzene rings is 1. The summed E-state index contributed by atoms with van der Waals surface area (Å²) in [4.78, 5) is 0. The number of aromatic nitrogens is 1. The first-order valence-electron chi connectivity index (χ1n) is 3.99. The Balaban J connectivity index is 0.000000845. The molecule has 0 amide bonds. The van der Waals surface area contributed by atoms with Crippen molar-refractivity contribution >= 4 is 26.7 Å². The van der Waals surface area contributed by atoms with Crippen molar-refractivity contribution in [3.05, 3.63) is 24.3 Å². The monoisotopic (exact) mass is 306 g/mol. The van der Waals surface area contributed by atoms with E-state index in [0.29, 0.717) is 0 Å². The maximum atomic E-state index is 5.85. The summed E-state index contributed by atoms with van der Waals surface area (Å²) in [6.45, 7) is 3.05. The fourth-order valence-electron chi connectivity index (χ4n) is 1.38. The van der Waals surface area contributed by atoms with Crippen LogP contribution in [0.4, 0.5) is 5.13 Å². The molecule has 2 rings (SSSR count). The smallest absolute Gasteiger partial charge is 0.332 e. The molecule has 2 N–H and O–H groups in total. The topological polar surface area (TPSA) is 29.9 Å². The highest BCUT2D eigenvalue weighted by atomic mass is 127. The van der Waals surface area contributed by atoms with E-state index in [4.69, 9.17) is 5.73 Å². The molecule has 0 unspecified atom stereocenters. The quantitative estimate of drug-likeness (QED) is 0.520. The first-order valence-corrected chi connectivity index (χ1v) is 4.81. The van der Waals surface area contributed by atoms with Gasteiger partial charge in [0, 0.05) is 0 Å². The number of aryl methyl sites for hydroxylation is 1. The van der Waals surface area contributed by atoms with Crippen LogP contribution in [-0.2, 0) is 6.54 Å². The summed E-state index contributed by atoms with van der Waals surface area (Å²) in [5, 5.41) is 0.888. The van der Waals surface area contributed by atoms with Crippen molar-refractivity contribution in [2.75, 3.05) is 5.73 Å². The van der Waals surface area contributed by atoms with Crippen LogP contribution in [0.1, 0.15) is 6.92 Å². The highest BCUT2D eigenvalue weighted by Crippen LogP contribution is 2.20. The van der Waals surface area contributed by atoms with E-state index in [1.54, 1.807) is 11.3 Å². The van der Waals surface area contributed by atoms with Gasteiger partial charge in [0.2, 0.25) is 0 Å². The standard InChI is InChI=1S/C9H10N2S.HI/c1-2-11-7-5-3-4-6-8(7)12-9(11)10;/h3-6,10H,2H2,1H3;1H. The number of fused-ring (bicyclic) bond motifs is 1. The summed E-state index contributed by atoms with van der Waals surface area (Å²) in [6, 6.07) is 8.28. The van der Waals surface area contributed by atoms with Gasteiger partial charge in [0.1, 0.15) is 5.52 Å². The number of nitrogen functional groups attached to an aromatic ring is 1. The Morgan fingerprint density at radius 2 is 2.08 bits per heavy atom. The third kappa shape index (κ3) is 1.78. The van der Waals surface area contributed by atoms with E-state index in [1.165, 1.54) is 10.2 Å². The normalized spacial score (nSPS) is 9.92. The minimum atomic E-state index is 0. The molecule has 0 saturated carbocycles. The van der Waals surface area contributed by atoms with Crippen molar-refractivity contribution in [2.45, 2.75) is 13.5 Å². The fraction of sp³-hybridized carbons (Fsp3) is 0.222. The molecule has 0 aliphatic carbocycles. The van der Waals surface area contributed by atoms with Crippen LogP contribution >= 0.6 is 11.3 Å². The summed E-state index contributed by atoms with van der Waals surface area (Å²) < 4.78 is 3.39. The molecule has 0 radical (unpaired) electrons. The van der Waals surface area contributed by atoms with E-state index in [1.807, 2.05) is 12.1 Å². The van der Waals surface area contributed by atoms with Gasteiger partial charge in [-0.25, -0.2) is 4.57 Å². The molecule has 0 aliphatic heterocycles. The van der Waals surface area contributed by atoms with Gasteiger partial charge in [-0.3, -0.25) is 5.73 Å². The Hall–Kier alpha value is -0.360. The molecule has 0 aliphatic rings. The molecule has 2 aromatic rings. The third-order valence-corrected chi connectivity index (χ3v) is 2.95. The number of hydrogen-bond donors (Lipinski definition) is 1. The first kappa shape index (κ1) is 10.7. The van der Waals surface area contributed by atoms with Gasteiger partial charge in [-0.1, -0.05) is 12.1 Å². The van der Waals surface area contributed by atoms with Crippen LogP contribution < -0.4 is 34.3 Å². The number of rotatable bonds is 1. The second-order valence-electron chi connectivity index (χ2n) is 2.65. The van der Waals surface area contributed by atoms with Gasteiger partial charge in [0.25, 0.3) is 0 Å². The number of nitrogens with two attached hydrogens (primary N) is 1. The summed E-state index contributed by atoms with van der Waals surface area (Å²) >= 11 is 1.64. The Labute approximate surface area is 98.4 Å². The zero-order valence-corrected chi connectivity index (χ0v) is 10.3. The highest BCUT2D eigenvalue weighted by Gasteiger charge is 2.11. The van der Waals surface area contributed by atoms with E-state index in [2.05, 4.69) is 23.6 Å². The fourth-order valence-corrected chi connectivity index (χ4v) is 2.37. The molecule has 1 aromatic heterocycles. The van der Waals surface area contributed by atoms with Gasteiger partial charge in [0.05, 0.1) is 11.2 Å². The number of nitrogens with zero attached hydrogens (tertiary/aromatic N) is 1. The Morgan fingerprint density at radius 3 is 2.77 bits per heavy atom. The highest BCUT2D eigenvalue weighted by molar-refractivity contribution is 7.21. The Kier molecular flexibility index (Phi) is 3.49. The maximum absolute atomic E-state index is 5.85.